The minimum absolute atomic E-state index is 0.0292. The van der Waals surface area contributed by atoms with Crippen LogP contribution in [-0.4, -0.2) is 12.1 Å². The lowest BCUT2D eigenvalue weighted by molar-refractivity contribution is -0.147. The number of carbonyl (C=O) groups excluding carboxylic acids is 1. The predicted molar refractivity (Wildman–Crippen MR) is 45.5 cm³/mol. The van der Waals surface area contributed by atoms with Crippen molar-refractivity contribution in [3.05, 3.63) is 11.6 Å². The fourth-order valence-electron chi connectivity index (χ4n) is 0.506. The summed E-state index contributed by atoms with van der Waals surface area (Å²) in [4.78, 5) is 10.9. The molecule has 0 amide bonds. The minimum Gasteiger partial charge on any atom is -0.462 e. The van der Waals surface area contributed by atoms with Crippen LogP contribution in [0.1, 0.15) is 26.7 Å². The quantitative estimate of drug-likeness (QED) is 0.616. The molecule has 0 heterocycles. The molecule has 0 aliphatic rings. The number of esters is 1. The van der Waals surface area contributed by atoms with E-state index in [1.807, 2.05) is 13.8 Å². The third-order valence-electron chi connectivity index (χ3n) is 1.24. The number of rotatable bonds is 4. The van der Waals surface area contributed by atoms with Crippen molar-refractivity contribution in [3.8, 4) is 0 Å². The van der Waals surface area contributed by atoms with Gasteiger partial charge in [-0.05, 0) is 13.3 Å². The van der Waals surface area contributed by atoms with E-state index in [9.17, 15) is 4.79 Å². The standard InChI is InChI=1S/C8H13ClO2/c1-4-7(3)11-8(10)5-6(2)9/h7H,2,4-5H2,1,3H3. The van der Waals surface area contributed by atoms with Crippen molar-refractivity contribution in [2.75, 3.05) is 0 Å². The Hall–Kier alpha value is -0.500. The molecule has 0 aromatic rings. The maximum absolute atomic E-state index is 10.9. The largest absolute Gasteiger partial charge is 0.462 e. The highest BCUT2D eigenvalue weighted by atomic mass is 35.5. The van der Waals surface area contributed by atoms with E-state index in [-0.39, 0.29) is 18.5 Å². The summed E-state index contributed by atoms with van der Waals surface area (Å²) < 4.78 is 4.93. The molecular formula is C8H13ClO2. The molecule has 0 radical (unpaired) electrons. The molecule has 0 N–H and O–H groups in total. The Morgan fingerprint density at radius 3 is 2.64 bits per heavy atom. The van der Waals surface area contributed by atoms with Crippen LogP contribution in [0.3, 0.4) is 0 Å². The first-order valence-electron chi connectivity index (χ1n) is 3.59. The average Bonchev–Trinajstić information content (AvgIpc) is 1.85. The van der Waals surface area contributed by atoms with E-state index in [1.54, 1.807) is 0 Å². The smallest absolute Gasteiger partial charge is 0.311 e. The molecule has 11 heavy (non-hydrogen) atoms. The second-order valence-corrected chi connectivity index (χ2v) is 2.94. The van der Waals surface area contributed by atoms with Gasteiger partial charge in [-0.2, -0.15) is 0 Å². The Labute approximate surface area is 72.2 Å². The zero-order chi connectivity index (χ0) is 8.85. The van der Waals surface area contributed by atoms with Crippen molar-refractivity contribution in [3.63, 3.8) is 0 Å². The number of halogens is 1. The highest BCUT2D eigenvalue weighted by Gasteiger charge is 2.07. The molecule has 0 aromatic heterocycles. The van der Waals surface area contributed by atoms with E-state index in [1.165, 1.54) is 0 Å². The molecule has 0 aliphatic heterocycles. The maximum Gasteiger partial charge on any atom is 0.311 e. The number of hydrogen-bond acceptors (Lipinski definition) is 2. The summed E-state index contributed by atoms with van der Waals surface area (Å²) in [6.45, 7) is 7.19. The van der Waals surface area contributed by atoms with Crippen LogP contribution < -0.4 is 0 Å². The third-order valence-corrected chi connectivity index (χ3v) is 1.38. The second kappa shape index (κ2) is 5.19. The van der Waals surface area contributed by atoms with Crippen molar-refractivity contribution in [2.45, 2.75) is 32.8 Å². The fourth-order valence-corrected chi connectivity index (χ4v) is 0.615. The van der Waals surface area contributed by atoms with Gasteiger partial charge < -0.3 is 4.74 Å². The van der Waals surface area contributed by atoms with Gasteiger partial charge in [-0.25, -0.2) is 0 Å². The van der Waals surface area contributed by atoms with E-state index in [0.29, 0.717) is 5.03 Å². The molecule has 0 rings (SSSR count). The van der Waals surface area contributed by atoms with Crippen molar-refractivity contribution < 1.29 is 9.53 Å². The van der Waals surface area contributed by atoms with Gasteiger partial charge in [0.25, 0.3) is 0 Å². The molecule has 0 aromatic carbocycles. The average molecular weight is 177 g/mol. The second-order valence-electron chi connectivity index (χ2n) is 2.40. The number of carbonyl (C=O) groups is 1. The van der Waals surface area contributed by atoms with Gasteiger partial charge in [0.15, 0.2) is 0 Å². The van der Waals surface area contributed by atoms with E-state index >= 15 is 0 Å². The summed E-state index contributed by atoms with van der Waals surface area (Å²) in [5.41, 5.74) is 0. The van der Waals surface area contributed by atoms with Crippen LogP contribution in [0.2, 0.25) is 0 Å². The Morgan fingerprint density at radius 1 is 1.73 bits per heavy atom. The molecule has 0 fully saturated rings. The van der Waals surface area contributed by atoms with Crippen molar-refractivity contribution in [1.82, 2.24) is 0 Å². The molecule has 2 nitrogen and oxygen atoms in total. The SMILES string of the molecule is C=C(Cl)CC(=O)OC(C)CC. The lowest BCUT2D eigenvalue weighted by atomic mass is 10.3. The molecular weight excluding hydrogens is 164 g/mol. The Bertz CT molecular complexity index is 154. The van der Waals surface area contributed by atoms with Gasteiger partial charge in [-0.15, -0.1) is 0 Å². The first-order valence-corrected chi connectivity index (χ1v) is 3.96. The summed E-state index contributed by atoms with van der Waals surface area (Å²) in [6.07, 6.45) is 0.894. The van der Waals surface area contributed by atoms with Crippen LogP contribution in [0.5, 0.6) is 0 Å². The van der Waals surface area contributed by atoms with Crippen LogP contribution in [0, 0.1) is 0 Å². The zero-order valence-electron chi connectivity index (χ0n) is 6.89. The van der Waals surface area contributed by atoms with Gasteiger partial charge in [-0.1, -0.05) is 25.1 Å². The molecule has 1 atom stereocenters. The first kappa shape index (κ1) is 10.5. The molecule has 64 valence electrons. The van der Waals surface area contributed by atoms with Crippen molar-refractivity contribution in [1.29, 1.82) is 0 Å². The molecule has 3 heteroatoms. The van der Waals surface area contributed by atoms with Crippen LogP contribution >= 0.6 is 11.6 Å². The first-order chi connectivity index (χ1) is 5.06. The summed E-state index contributed by atoms with van der Waals surface area (Å²) in [5.74, 6) is -0.306. The molecule has 0 bridgehead atoms. The van der Waals surface area contributed by atoms with Crippen molar-refractivity contribution in [2.24, 2.45) is 0 Å². The highest BCUT2D eigenvalue weighted by molar-refractivity contribution is 6.30. The van der Waals surface area contributed by atoms with Gasteiger partial charge in [0.05, 0.1) is 12.5 Å². The summed E-state index contributed by atoms with van der Waals surface area (Å²) >= 11 is 5.40. The molecule has 0 aliphatic carbocycles. The van der Waals surface area contributed by atoms with Crippen LogP contribution in [0.25, 0.3) is 0 Å². The summed E-state index contributed by atoms with van der Waals surface area (Å²) in [6, 6.07) is 0. The van der Waals surface area contributed by atoms with Crippen LogP contribution in [0.15, 0.2) is 11.6 Å². The van der Waals surface area contributed by atoms with Gasteiger partial charge >= 0.3 is 5.97 Å². The normalized spacial score (nSPS) is 12.3. The van der Waals surface area contributed by atoms with Crippen LogP contribution in [-0.2, 0) is 9.53 Å². The van der Waals surface area contributed by atoms with Crippen LogP contribution in [0.4, 0.5) is 0 Å². The lowest BCUT2D eigenvalue weighted by Crippen LogP contribution is -2.13. The number of hydrogen-bond donors (Lipinski definition) is 0. The monoisotopic (exact) mass is 176 g/mol. The molecule has 0 spiro atoms. The van der Waals surface area contributed by atoms with Crippen molar-refractivity contribution >= 4 is 17.6 Å². The Balaban J connectivity index is 3.60. The lowest BCUT2D eigenvalue weighted by Gasteiger charge is -2.09. The fraction of sp³-hybridized carbons (Fsp3) is 0.625. The Kier molecular flexibility index (Phi) is 4.95. The highest BCUT2D eigenvalue weighted by Crippen LogP contribution is 2.06. The minimum atomic E-state index is -0.306. The van der Waals surface area contributed by atoms with Gasteiger partial charge in [0.1, 0.15) is 0 Å². The maximum atomic E-state index is 10.9. The van der Waals surface area contributed by atoms with E-state index in [4.69, 9.17) is 16.3 Å². The number of ether oxygens (including phenoxy) is 1. The Morgan fingerprint density at radius 2 is 2.27 bits per heavy atom. The predicted octanol–water partition coefficient (Wildman–Crippen LogP) is 2.47. The molecule has 0 saturated carbocycles. The van der Waals surface area contributed by atoms with Gasteiger partial charge in [0, 0.05) is 5.03 Å². The molecule has 1 unspecified atom stereocenters. The third kappa shape index (κ3) is 5.92. The van der Waals surface area contributed by atoms with Gasteiger partial charge in [-0.3, -0.25) is 4.79 Å². The molecule has 0 saturated heterocycles. The van der Waals surface area contributed by atoms with E-state index < -0.39 is 0 Å². The van der Waals surface area contributed by atoms with E-state index in [2.05, 4.69) is 6.58 Å². The topological polar surface area (TPSA) is 26.3 Å². The van der Waals surface area contributed by atoms with Gasteiger partial charge in [0.2, 0.25) is 0 Å². The summed E-state index contributed by atoms with van der Waals surface area (Å²) in [7, 11) is 0. The summed E-state index contributed by atoms with van der Waals surface area (Å²) in [5, 5.41) is 0.318. The van der Waals surface area contributed by atoms with E-state index in [0.717, 1.165) is 6.42 Å². The zero-order valence-corrected chi connectivity index (χ0v) is 7.65.